The van der Waals surface area contributed by atoms with E-state index in [9.17, 15) is 27.2 Å². The molecular weight excluding hydrogens is 562 g/mol. The number of benzene rings is 2. The molecule has 0 unspecified atom stereocenters. The molecule has 0 atom stereocenters. The molecule has 1 aliphatic heterocycles. The lowest BCUT2D eigenvalue weighted by molar-refractivity contribution is -0.138. The fraction of sp³-hybridized carbons (Fsp3) is 0.440. The highest BCUT2D eigenvalue weighted by Gasteiger charge is 2.35. The van der Waals surface area contributed by atoms with Crippen molar-refractivity contribution in [3.63, 3.8) is 0 Å². The first-order valence-corrected chi connectivity index (χ1v) is 12.3. The summed E-state index contributed by atoms with van der Waals surface area (Å²) in [4.78, 5) is 27.8. The van der Waals surface area contributed by atoms with E-state index >= 15 is 0 Å². The number of piperazine rings is 1. The molecule has 0 bridgehead atoms. The minimum Gasteiger partial charge on any atom is -0.481 e. The third-order valence-electron chi connectivity index (χ3n) is 5.37. The van der Waals surface area contributed by atoms with Crippen LogP contribution in [0.5, 0.6) is 5.75 Å². The lowest BCUT2D eigenvalue weighted by Gasteiger charge is -2.36. The number of rotatable bonds is 6. The summed E-state index contributed by atoms with van der Waals surface area (Å²) in [6.45, 7) is 6.19. The molecule has 2 aromatic rings. The van der Waals surface area contributed by atoms with Gasteiger partial charge < -0.3 is 19.7 Å². The maximum atomic E-state index is 13.8. The fourth-order valence-corrected chi connectivity index (χ4v) is 3.98. The Morgan fingerprint density at radius 3 is 2.30 bits per heavy atom. The Hall–Kier alpha value is -2.86. The summed E-state index contributed by atoms with van der Waals surface area (Å²) in [6.07, 6.45) is -5.10. The predicted octanol–water partition coefficient (Wildman–Crippen LogP) is 5.68. The molecule has 202 valence electrons. The molecule has 1 heterocycles. The lowest BCUT2D eigenvalue weighted by atomic mass is 10.0. The van der Waals surface area contributed by atoms with Crippen LogP contribution in [0.1, 0.15) is 31.9 Å². The van der Waals surface area contributed by atoms with Crippen LogP contribution in [-0.4, -0.2) is 60.2 Å². The van der Waals surface area contributed by atoms with E-state index < -0.39 is 41.8 Å². The molecule has 7 nitrogen and oxygen atoms in total. The predicted molar refractivity (Wildman–Crippen MR) is 133 cm³/mol. The SMILES string of the molecule is CC(C)(C)OC(=O)N1CCN(Cc2ccc(NC(=O)COc3ccc(Br)cc3F)cc2C(F)(F)F)CC1. The van der Waals surface area contributed by atoms with E-state index in [4.69, 9.17) is 9.47 Å². The van der Waals surface area contributed by atoms with E-state index in [0.29, 0.717) is 30.7 Å². The van der Waals surface area contributed by atoms with E-state index in [1.54, 1.807) is 20.8 Å². The van der Waals surface area contributed by atoms with Gasteiger partial charge in [-0.1, -0.05) is 22.0 Å². The largest absolute Gasteiger partial charge is 0.481 e. The smallest absolute Gasteiger partial charge is 0.416 e. The fourth-order valence-electron chi connectivity index (χ4n) is 3.64. The molecule has 1 fully saturated rings. The second-order valence-corrected chi connectivity index (χ2v) is 10.4. The molecule has 1 saturated heterocycles. The third kappa shape index (κ3) is 8.60. The number of carbonyl (C=O) groups excluding carboxylic acids is 2. The molecule has 0 aromatic heterocycles. The van der Waals surface area contributed by atoms with Crippen LogP contribution in [0.25, 0.3) is 0 Å². The Balaban J connectivity index is 1.61. The molecule has 37 heavy (non-hydrogen) atoms. The van der Waals surface area contributed by atoms with Crippen molar-refractivity contribution in [2.75, 3.05) is 38.1 Å². The van der Waals surface area contributed by atoms with E-state index in [2.05, 4.69) is 21.2 Å². The minimum absolute atomic E-state index is 0.0250. The van der Waals surface area contributed by atoms with Gasteiger partial charge in [0.15, 0.2) is 18.2 Å². The summed E-state index contributed by atoms with van der Waals surface area (Å²) in [5, 5.41) is 2.36. The van der Waals surface area contributed by atoms with Crippen LogP contribution < -0.4 is 10.1 Å². The maximum absolute atomic E-state index is 13.8. The number of alkyl halides is 3. The molecule has 1 N–H and O–H groups in total. The number of hydrogen-bond acceptors (Lipinski definition) is 5. The monoisotopic (exact) mass is 589 g/mol. The second kappa shape index (κ2) is 11.7. The second-order valence-electron chi connectivity index (χ2n) is 9.52. The molecule has 12 heteroatoms. The van der Waals surface area contributed by atoms with Crippen LogP contribution in [0, 0.1) is 5.82 Å². The van der Waals surface area contributed by atoms with Gasteiger partial charge in [-0.2, -0.15) is 13.2 Å². The van der Waals surface area contributed by atoms with Gasteiger partial charge in [0.25, 0.3) is 5.91 Å². The first-order chi connectivity index (χ1) is 17.2. The molecule has 2 amide bonds. The summed E-state index contributed by atoms with van der Waals surface area (Å²) >= 11 is 3.11. The summed E-state index contributed by atoms with van der Waals surface area (Å²) in [6, 6.07) is 7.58. The van der Waals surface area contributed by atoms with Gasteiger partial charge in [-0.05, 0) is 56.7 Å². The van der Waals surface area contributed by atoms with Gasteiger partial charge in [0, 0.05) is 42.9 Å². The highest BCUT2D eigenvalue weighted by molar-refractivity contribution is 9.10. The van der Waals surface area contributed by atoms with E-state index in [1.807, 2.05) is 4.90 Å². The first kappa shape index (κ1) is 28.7. The normalized spacial score (nSPS) is 14.9. The summed E-state index contributed by atoms with van der Waals surface area (Å²) in [7, 11) is 0. The van der Waals surface area contributed by atoms with E-state index in [-0.39, 0.29) is 23.5 Å². The van der Waals surface area contributed by atoms with Crippen molar-refractivity contribution < 1.29 is 36.6 Å². The van der Waals surface area contributed by atoms with Crippen molar-refractivity contribution in [2.24, 2.45) is 0 Å². The van der Waals surface area contributed by atoms with Crippen molar-refractivity contribution >= 4 is 33.6 Å². The Labute approximate surface area is 220 Å². The van der Waals surface area contributed by atoms with Crippen molar-refractivity contribution in [2.45, 2.75) is 39.1 Å². The van der Waals surface area contributed by atoms with Crippen molar-refractivity contribution in [3.05, 3.63) is 57.8 Å². The molecule has 1 aliphatic rings. The molecule has 0 aliphatic carbocycles. The van der Waals surface area contributed by atoms with Gasteiger partial charge in [0.05, 0.1) is 5.56 Å². The number of hydrogen-bond donors (Lipinski definition) is 1. The van der Waals surface area contributed by atoms with Crippen LogP contribution in [0.3, 0.4) is 0 Å². The van der Waals surface area contributed by atoms with Gasteiger partial charge in [0.2, 0.25) is 0 Å². The van der Waals surface area contributed by atoms with Crippen molar-refractivity contribution in [1.29, 1.82) is 0 Å². The average Bonchev–Trinajstić information content (AvgIpc) is 2.78. The molecule has 3 rings (SSSR count). The molecular formula is C25H28BrF4N3O4. The quantitative estimate of drug-likeness (QED) is 0.439. The molecule has 0 saturated carbocycles. The maximum Gasteiger partial charge on any atom is 0.416 e. The van der Waals surface area contributed by atoms with Gasteiger partial charge in [-0.15, -0.1) is 0 Å². The Kier molecular flexibility index (Phi) is 9.06. The van der Waals surface area contributed by atoms with Crippen molar-refractivity contribution in [1.82, 2.24) is 9.80 Å². The molecule has 0 radical (unpaired) electrons. The number of nitrogens with zero attached hydrogens (tertiary/aromatic N) is 2. The van der Waals surface area contributed by atoms with Gasteiger partial charge in [-0.25, -0.2) is 9.18 Å². The first-order valence-electron chi connectivity index (χ1n) is 11.5. The van der Waals surface area contributed by atoms with Crippen LogP contribution in [0.4, 0.5) is 28.0 Å². The molecule has 0 spiro atoms. The van der Waals surface area contributed by atoms with Gasteiger partial charge >= 0.3 is 12.3 Å². The zero-order chi connectivity index (χ0) is 27.4. The number of anilines is 1. The minimum atomic E-state index is -4.65. The van der Waals surface area contributed by atoms with Crippen molar-refractivity contribution in [3.8, 4) is 5.75 Å². The average molecular weight is 590 g/mol. The van der Waals surface area contributed by atoms with Gasteiger partial charge in [-0.3, -0.25) is 9.69 Å². The number of carbonyl (C=O) groups is 2. The van der Waals surface area contributed by atoms with Crippen LogP contribution >= 0.6 is 15.9 Å². The Bertz CT molecular complexity index is 1130. The number of halogens is 5. The van der Waals surface area contributed by atoms with Crippen LogP contribution in [0.2, 0.25) is 0 Å². The number of ether oxygens (including phenoxy) is 2. The summed E-state index contributed by atoms with van der Waals surface area (Å²) < 4.78 is 66.3. The topological polar surface area (TPSA) is 71.1 Å². The standard InChI is InChI=1S/C25H28BrF4N3O4/c1-24(2,3)37-23(35)33-10-8-32(9-11-33)14-16-4-6-18(13-19(16)25(28,29)30)31-22(34)15-36-21-7-5-17(26)12-20(21)27/h4-7,12-13H,8-11,14-15H2,1-3H3,(H,31,34). The lowest BCUT2D eigenvalue weighted by Crippen LogP contribution is -2.49. The van der Waals surface area contributed by atoms with E-state index in [1.165, 1.54) is 35.2 Å². The van der Waals surface area contributed by atoms with Gasteiger partial charge in [0.1, 0.15) is 5.60 Å². The number of amides is 2. The summed E-state index contributed by atoms with van der Waals surface area (Å²) in [5.74, 6) is -1.57. The third-order valence-corrected chi connectivity index (χ3v) is 5.86. The highest BCUT2D eigenvalue weighted by Crippen LogP contribution is 2.34. The van der Waals surface area contributed by atoms with Crippen LogP contribution in [-0.2, 0) is 22.3 Å². The zero-order valence-electron chi connectivity index (χ0n) is 20.6. The summed E-state index contributed by atoms with van der Waals surface area (Å²) in [5.41, 5.74) is -1.52. The van der Waals surface area contributed by atoms with Crippen LogP contribution in [0.15, 0.2) is 40.9 Å². The zero-order valence-corrected chi connectivity index (χ0v) is 22.2. The highest BCUT2D eigenvalue weighted by atomic mass is 79.9. The number of nitrogens with one attached hydrogen (secondary N) is 1. The van der Waals surface area contributed by atoms with E-state index in [0.717, 1.165) is 6.07 Å². The Morgan fingerprint density at radius 1 is 1.03 bits per heavy atom. The molecule has 2 aromatic carbocycles. The Morgan fingerprint density at radius 2 is 1.70 bits per heavy atom.